The highest BCUT2D eigenvalue weighted by molar-refractivity contribution is 9.10. The molecule has 9 heteroatoms. The Morgan fingerprint density at radius 3 is 2.33 bits per heavy atom. The van der Waals surface area contributed by atoms with Crippen LogP contribution in [0.25, 0.3) is 10.9 Å². The molecule has 1 amide bonds. The van der Waals surface area contributed by atoms with Gasteiger partial charge in [-0.3, -0.25) is 9.78 Å². The molecule has 0 aliphatic carbocycles. The van der Waals surface area contributed by atoms with Gasteiger partial charge < -0.3 is 15.1 Å². The number of nitrogens with one attached hydrogen (secondary N) is 1. The number of fused-ring (bicyclic) bond motifs is 1. The van der Waals surface area contributed by atoms with Crippen LogP contribution < -0.4 is 10.2 Å². The van der Waals surface area contributed by atoms with Crippen molar-refractivity contribution in [3.8, 4) is 0 Å². The number of rotatable bonds is 4. The first-order valence-corrected chi connectivity index (χ1v) is 12.2. The van der Waals surface area contributed by atoms with E-state index in [1.54, 1.807) is 24.3 Å². The van der Waals surface area contributed by atoms with E-state index in [1.165, 1.54) is 12.3 Å². The van der Waals surface area contributed by atoms with Crippen molar-refractivity contribution >= 4 is 49.8 Å². The zero-order valence-corrected chi connectivity index (χ0v) is 20.7. The summed E-state index contributed by atoms with van der Waals surface area (Å²) >= 11 is 3.45. The number of piperazine rings is 1. The second kappa shape index (κ2) is 9.81. The van der Waals surface area contributed by atoms with Crippen molar-refractivity contribution in [1.29, 1.82) is 0 Å². The van der Waals surface area contributed by atoms with Crippen LogP contribution in [0, 0.1) is 0 Å². The molecular formula is C27H22BrF3N4O. The molecule has 0 bridgehead atoms. The maximum absolute atomic E-state index is 13.4. The lowest BCUT2D eigenvalue weighted by molar-refractivity contribution is -0.137. The molecule has 5 nitrogen and oxygen atoms in total. The van der Waals surface area contributed by atoms with Crippen LogP contribution in [0.15, 0.2) is 83.5 Å². The number of benzene rings is 3. The summed E-state index contributed by atoms with van der Waals surface area (Å²) in [5, 5.41) is 3.79. The van der Waals surface area contributed by atoms with E-state index in [-0.39, 0.29) is 11.4 Å². The highest BCUT2D eigenvalue weighted by Crippen LogP contribution is 2.34. The smallest absolute Gasteiger partial charge is 0.368 e. The molecular weight excluding hydrogens is 533 g/mol. The van der Waals surface area contributed by atoms with E-state index in [1.807, 2.05) is 23.1 Å². The maximum atomic E-state index is 13.4. The van der Waals surface area contributed by atoms with Crippen molar-refractivity contribution in [2.24, 2.45) is 0 Å². The molecule has 2 heterocycles. The van der Waals surface area contributed by atoms with Gasteiger partial charge in [0.05, 0.1) is 22.3 Å². The summed E-state index contributed by atoms with van der Waals surface area (Å²) in [4.78, 5) is 21.6. The highest BCUT2D eigenvalue weighted by atomic mass is 79.9. The van der Waals surface area contributed by atoms with Gasteiger partial charge in [0.15, 0.2) is 0 Å². The third-order valence-corrected chi connectivity index (χ3v) is 6.78. The molecule has 5 rings (SSSR count). The minimum absolute atomic E-state index is 0.0914. The number of amides is 1. The lowest BCUT2D eigenvalue weighted by atomic mass is 10.1. The average Bonchev–Trinajstić information content (AvgIpc) is 2.88. The number of alkyl halides is 3. The van der Waals surface area contributed by atoms with Gasteiger partial charge >= 0.3 is 6.18 Å². The predicted octanol–water partition coefficient (Wildman–Crippen LogP) is 6.72. The topological polar surface area (TPSA) is 48.5 Å². The van der Waals surface area contributed by atoms with Crippen LogP contribution in [0.4, 0.5) is 30.2 Å². The van der Waals surface area contributed by atoms with Gasteiger partial charge in [0.1, 0.15) is 0 Å². The van der Waals surface area contributed by atoms with Gasteiger partial charge in [-0.05, 0) is 54.6 Å². The van der Waals surface area contributed by atoms with Crippen LogP contribution in [0.3, 0.4) is 0 Å². The minimum atomic E-state index is -4.44. The molecule has 0 spiro atoms. The van der Waals surface area contributed by atoms with E-state index in [2.05, 4.69) is 43.3 Å². The van der Waals surface area contributed by atoms with Gasteiger partial charge in [0.2, 0.25) is 0 Å². The number of halogens is 4. The first kappa shape index (κ1) is 24.1. The first-order chi connectivity index (χ1) is 17.3. The van der Waals surface area contributed by atoms with E-state index in [0.29, 0.717) is 35.4 Å². The first-order valence-electron chi connectivity index (χ1n) is 11.4. The summed E-state index contributed by atoms with van der Waals surface area (Å²) in [5.74, 6) is -0.0914. The van der Waals surface area contributed by atoms with Crippen molar-refractivity contribution in [3.05, 3.63) is 94.6 Å². The fourth-order valence-electron chi connectivity index (χ4n) is 4.35. The number of nitrogens with zero attached hydrogens (tertiary/aromatic N) is 3. The molecule has 1 aromatic heterocycles. The second-order valence-electron chi connectivity index (χ2n) is 8.51. The Morgan fingerprint density at radius 2 is 1.61 bits per heavy atom. The molecule has 0 saturated carbocycles. The number of carbonyl (C=O) groups excluding carboxylic acids is 1. The molecule has 0 radical (unpaired) electrons. The zero-order chi connectivity index (χ0) is 25.3. The number of hydrogen-bond donors (Lipinski definition) is 1. The van der Waals surface area contributed by atoms with Crippen LogP contribution in [0.2, 0.25) is 0 Å². The number of hydrogen-bond acceptors (Lipinski definition) is 4. The number of pyridine rings is 1. The molecule has 1 N–H and O–H groups in total. The predicted molar refractivity (Wildman–Crippen MR) is 139 cm³/mol. The number of aromatic nitrogens is 1. The van der Waals surface area contributed by atoms with Crippen LogP contribution in [0.5, 0.6) is 0 Å². The monoisotopic (exact) mass is 554 g/mol. The Balaban J connectivity index is 1.35. The standard InChI is InChI=1S/C27H22BrF3N4O/c28-19-6-8-20(9-7-19)34-13-15-35(16-14-34)26(36)22-3-1-2-4-23(22)33-24-11-12-32-25-17-18(27(29,30)31)5-10-21(24)25/h1-12,17H,13-16H2,(H,32,33). The molecule has 1 fully saturated rings. The Kier molecular flexibility index (Phi) is 6.57. The van der Waals surface area contributed by atoms with E-state index in [0.717, 1.165) is 35.4 Å². The van der Waals surface area contributed by atoms with Crippen molar-refractivity contribution in [1.82, 2.24) is 9.88 Å². The molecule has 4 aromatic rings. The third kappa shape index (κ3) is 5.02. The lowest BCUT2D eigenvalue weighted by Crippen LogP contribution is -2.48. The zero-order valence-electron chi connectivity index (χ0n) is 19.1. The second-order valence-corrected chi connectivity index (χ2v) is 9.43. The Bertz CT molecular complexity index is 1400. The minimum Gasteiger partial charge on any atom is -0.368 e. The van der Waals surface area contributed by atoms with Crippen molar-refractivity contribution < 1.29 is 18.0 Å². The summed E-state index contributed by atoms with van der Waals surface area (Å²) < 4.78 is 40.4. The van der Waals surface area contributed by atoms with Crippen molar-refractivity contribution in [2.75, 3.05) is 36.4 Å². The van der Waals surface area contributed by atoms with Crippen molar-refractivity contribution in [3.63, 3.8) is 0 Å². The normalized spacial score (nSPS) is 14.2. The summed E-state index contributed by atoms with van der Waals surface area (Å²) in [6, 6.07) is 20.4. The van der Waals surface area contributed by atoms with Gasteiger partial charge in [0.25, 0.3) is 5.91 Å². The summed E-state index contributed by atoms with van der Waals surface area (Å²) in [6.07, 6.45) is -2.99. The van der Waals surface area contributed by atoms with Gasteiger partial charge in [-0.25, -0.2) is 0 Å². The molecule has 36 heavy (non-hydrogen) atoms. The van der Waals surface area contributed by atoms with Gasteiger partial charge in [-0.15, -0.1) is 0 Å². The lowest BCUT2D eigenvalue weighted by Gasteiger charge is -2.36. The van der Waals surface area contributed by atoms with E-state index in [9.17, 15) is 18.0 Å². The number of anilines is 3. The van der Waals surface area contributed by atoms with Gasteiger partial charge in [0, 0.05) is 53.6 Å². The Morgan fingerprint density at radius 1 is 0.889 bits per heavy atom. The molecule has 1 aliphatic rings. The molecule has 3 aromatic carbocycles. The number of carbonyl (C=O) groups is 1. The van der Waals surface area contributed by atoms with E-state index < -0.39 is 11.7 Å². The maximum Gasteiger partial charge on any atom is 0.416 e. The third-order valence-electron chi connectivity index (χ3n) is 6.26. The Hall–Kier alpha value is -3.59. The van der Waals surface area contributed by atoms with Crippen LogP contribution in [0.1, 0.15) is 15.9 Å². The molecule has 0 unspecified atom stereocenters. The SMILES string of the molecule is O=C(c1ccccc1Nc1ccnc2cc(C(F)(F)F)ccc12)N1CCN(c2ccc(Br)cc2)CC1. The fraction of sp³-hybridized carbons (Fsp3) is 0.185. The Labute approximate surface area is 214 Å². The molecule has 0 atom stereocenters. The number of para-hydroxylation sites is 1. The fourth-order valence-corrected chi connectivity index (χ4v) is 4.61. The van der Waals surface area contributed by atoms with Crippen molar-refractivity contribution in [2.45, 2.75) is 6.18 Å². The van der Waals surface area contributed by atoms with Crippen LogP contribution >= 0.6 is 15.9 Å². The summed E-state index contributed by atoms with van der Waals surface area (Å²) in [5.41, 5.74) is 2.26. The highest BCUT2D eigenvalue weighted by Gasteiger charge is 2.31. The molecule has 184 valence electrons. The van der Waals surface area contributed by atoms with E-state index >= 15 is 0 Å². The largest absolute Gasteiger partial charge is 0.416 e. The quantitative estimate of drug-likeness (QED) is 0.304. The van der Waals surface area contributed by atoms with E-state index in [4.69, 9.17) is 0 Å². The van der Waals surface area contributed by atoms with Gasteiger partial charge in [-0.1, -0.05) is 34.1 Å². The van der Waals surface area contributed by atoms with Gasteiger partial charge in [-0.2, -0.15) is 13.2 Å². The average molecular weight is 555 g/mol. The molecule has 1 saturated heterocycles. The molecule has 1 aliphatic heterocycles. The summed E-state index contributed by atoms with van der Waals surface area (Å²) in [7, 11) is 0. The van der Waals surface area contributed by atoms with Crippen LogP contribution in [-0.4, -0.2) is 42.0 Å². The van der Waals surface area contributed by atoms with Crippen LogP contribution in [-0.2, 0) is 6.18 Å². The summed E-state index contributed by atoms with van der Waals surface area (Å²) in [6.45, 7) is 2.61.